The topological polar surface area (TPSA) is 90.6 Å². The van der Waals surface area contributed by atoms with Crippen molar-refractivity contribution in [2.75, 3.05) is 18.5 Å². The summed E-state index contributed by atoms with van der Waals surface area (Å²) in [5.74, 6) is 0.516. The summed E-state index contributed by atoms with van der Waals surface area (Å²) in [4.78, 5) is 17.1. The molecule has 0 aliphatic heterocycles. The Hall–Kier alpha value is -1.90. The number of aromatic nitrogens is 6. The number of hydrogen-bond donors (Lipinski definition) is 1. The first kappa shape index (κ1) is 15.5. The van der Waals surface area contributed by atoms with E-state index >= 15 is 0 Å². The summed E-state index contributed by atoms with van der Waals surface area (Å²) in [7, 11) is 1.82. The molecule has 1 N–H and O–H groups in total. The SMILES string of the molecule is CCCNc1nc(OCCC)nc(Sc2ncnn2C)n1. The van der Waals surface area contributed by atoms with Crippen LogP contribution in [0.2, 0.25) is 0 Å². The second kappa shape index (κ2) is 7.77. The fourth-order valence-corrected chi connectivity index (χ4v) is 2.12. The van der Waals surface area contributed by atoms with E-state index in [1.807, 2.05) is 14.0 Å². The molecule has 0 aliphatic rings. The van der Waals surface area contributed by atoms with Crippen LogP contribution < -0.4 is 10.1 Å². The molecular formula is C12H19N7OS. The number of rotatable bonds is 8. The van der Waals surface area contributed by atoms with Gasteiger partial charge in [0.25, 0.3) is 0 Å². The summed E-state index contributed by atoms with van der Waals surface area (Å²) < 4.78 is 7.17. The highest BCUT2D eigenvalue weighted by atomic mass is 32.2. The lowest BCUT2D eigenvalue weighted by atomic mass is 10.5. The first-order chi connectivity index (χ1) is 10.2. The van der Waals surface area contributed by atoms with Gasteiger partial charge in [0.05, 0.1) is 6.61 Å². The Morgan fingerprint density at radius 3 is 2.76 bits per heavy atom. The Kier molecular flexibility index (Phi) is 5.73. The van der Waals surface area contributed by atoms with Crippen LogP contribution in [0.3, 0.4) is 0 Å². The highest BCUT2D eigenvalue weighted by molar-refractivity contribution is 7.99. The van der Waals surface area contributed by atoms with Crippen LogP contribution in [0.1, 0.15) is 26.7 Å². The van der Waals surface area contributed by atoms with Crippen LogP contribution in [0.4, 0.5) is 5.95 Å². The third-order valence-corrected chi connectivity index (χ3v) is 3.33. The van der Waals surface area contributed by atoms with Crippen LogP contribution in [0.5, 0.6) is 6.01 Å². The van der Waals surface area contributed by atoms with Gasteiger partial charge in [-0.1, -0.05) is 13.8 Å². The fourth-order valence-electron chi connectivity index (χ4n) is 1.42. The van der Waals surface area contributed by atoms with E-state index < -0.39 is 0 Å². The minimum atomic E-state index is 0.329. The van der Waals surface area contributed by atoms with Crippen LogP contribution in [0.15, 0.2) is 16.6 Å². The Bertz CT molecular complexity index is 548. The highest BCUT2D eigenvalue weighted by Crippen LogP contribution is 2.23. The van der Waals surface area contributed by atoms with Gasteiger partial charge in [-0.3, -0.25) is 0 Å². The minimum absolute atomic E-state index is 0.329. The number of anilines is 1. The molecule has 0 amide bonds. The second-order valence-electron chi connectivity index (χ2n) is 4.27. The molecule has 114 valence electrons. The smallest absolute Gasteiger partial charge is 0.322 e. The zero-order chi connectivity index (χ0) is 15.1. The molecule has 0 radical (unpaired) electrons. The van der Waals surface area contributed by atoms with Gasteiger partial charge in [-0.15, -0.1) is 0 Å². The molecule has 2 aromatic heterocycles. The Labute approximate surface area is 127 Å². The van der Waals surface area contributed by atoms with Crippen molar-refractivity contribution in [3.8, 4) is 6.01 Å². The first-order valence-electron chi connectivity index (χ1n) is 6.87. The van der Waals surface area contributed by atoms with Crippen molar-refractivity contribution >= 4 is 17.7 Å². The van der Waals surface area contributed by atoms with Crippen molar-refractivity contribution in [3.05, 3.63) is 6.33 Å². The fraction of sp³-hybridized carbons (Fsp3) is 0.583. The van der Waals surface area contributed by atoms with Crippen LogP contribution in [0.25, 0.3) is 0 Å². The van der Waals surface area contributed by atoms with Crippen molar-refractivity contribution in [2.24, 2.45) is 7.05 Å². The number of ether oxygens (including phenoxy) is 1. The van der Waals surface area contributed by atoms with Gasteiger partial charge in [-0.05, 0) is 24.6 Å². The molecule has 0 atom stereocenters. The molecule has 0 fully saturated rings. The average Bonchev–Trinajstić information content (AvgIpc) is 2.88. The second-order valence-corrected chi connectivity index (χ2v) is 5.20. The van der Waals surface area contributed by atoms with Gasteiger partial charge >= 0.3 is 6.01 Å². The Morgan fingerprint density at radius 2 is 2.10 bits per heavy atom. The lowest BCUT2D eigenvalue weighted by molar-refractivity contribution is 0.288. The molecule has 0 spiro atoms. The van der Waals surface area contributed by atoms with Gasteiger partial charge in [0, 0.05) is 13.6 Å². The summed E-state index contributed by atoms with van der Waals surface area (Å²) in [6.45, 7) is 5.49. The minimum Gasteiger partial charge on any atom is -0.463 e. The van der Waals surface area contributed by atoms with Crippen LogP contribution in [0, 0.1) is 0 Å². The van der Waals surface area contributed by atoms with E-state index in [1.165, 1.54) is 18.1 Å². The summed E-state index contributed by atoms with van der Waals surface area (Å²) >= 11 is 1.32. The summed E-state index contributed by atoms with van der Waals surface area (Å²) in [6, 6.07) is 0.329. The predicted molar refractivity (Wildman–Crippen MR) is 79.5 cm³/mol. The summed E-state index contributed by atoms with van der Waals surface area (Å²) in [5, 5.41) is 8.42. The molecule has 2 heterocycles. The maximum atomic E-state index is 5.51. The molecule has 0 saturated carbocycles. The van der Waals surface area contributed by atoms with Crippen molar-refractivity contribution < 1.29 is 4.74 Å². The Morgan fingerprint density at radius 1 is 1.24 bits per heavy atom. The first-order valence-corrected chi connectivity index (χ1v) is 7.69. The predicted octanol–water partition coefficient (Wildman–Crippen LogP) is 1.76. The molecule has 0 unspecified atom stereocenters. The molecule has 21 heavy (non-hydrogen) atoms. The molecule has 2 rings (SSSR count). The molecule has 8 nitrogen and oxygen atoms in total. The molecule has 9 heteroatoms. The van der Waals surface area contributed by atoms with Gasteiger partial charge < -0.3 is 10.1 Å². The van der Waals surface area contributed by atoms with Crippen molar-refractivity contribution in [1.82, 2.24) is 29.7 Å². The van der Waals surface area contributed by atoms with E-state index in [0.29, 0.717) is 28.9 Å². The zero-order valence-electron chi connectivity index (χ0n) is 12.4. The number of aryl methyl sites for hydroxylation is 1. The van der Waals surface area contributed by atoms with Crippen molar-refractivity contribution in [3.63, 3.8) is 0 Å². The molecule has 0 aromatic carbocycles. The third kappa shape index (κ3) is 4.55. The molecule has 0 saturated heterocycles. The van der Waals surface area contributed by atoms with E-state index in [1.54, 1.807) is 4.68 Å². The molecule has 0 bridgehead atoms. The van der Waals surface area contributed by atoms with E-state index in [9.17, 15) is 0 Å². The van der Waals surface area contributed by atoms with Crippen molar-refractivity contribution in [2.45, 2.75) is 37.0 Å². The zero-order valence-corrected chi connectivity index (χ0v) is 13.2. The van der Waals surface area contributed by atoms with E-state index in [4.69, 9.17) is 4.74 Å². The summed E-state index contributed by atoms with van der Waals surface area (Å²) in [6.07, 6.45) is 3.38. The average molecular weight is 309 g/mol. The normalized spacial score (nSPS) is 10.6. The molecular weight excluding hydrogens is 290 g/mol. The Balaban J connectivity index is 2.19. The van der Waals surface area contributed by atoms with Gasteiger partial charge in [-0.2, -0.15) is 20.1 Å². The van der Waals surface area contributed by atoms with E-state index in [0.717, 1.165) is 19.4 Å². The third-order valence-electron chi connectivity index (χ3n) is 2.42. The van der Waals surface area contributed by atoms with Crippen LogP contribution in [-0.2, 0) is 7.05 Å². The number of hydrogen-bond acceptors (Lipinski definition) is 8. The van der Waals surface area contributed by atoms with Crippen LogP contribution in [-0.4, -0.2) is 42.9 Å². The number of nitrogens with zero attached hydrogens (tertiary/aromatic N) is 6. The van der Waals surface area contributed by atoms with E-state index in [-0.39, 0.29) is 0 Å². The lowest BCUT2D eigenvalue weighted by Crippen LogP contribution is -2.09. The van der Waals surface area contributed by atoms with Gasteiger partial charge in [0.15, 0.2) is 5.16 Å². The lowest BCUT2D eigenvalue weighted by Gasteiger charge is -2.08. The van der Waals surface area contributed by atoms with Crippen LogP contribution >= 0.6 is 11.8 Å². The quantitative estimate of drug-likeness (QED) is 0.789. The maximum absolute atomic E-state index is 5.51. The number of nitrogens with one attached hydrogen (secondary N) is 1. The monoisotopic (exact) mass is 309 g/mol. The highest BCUT2D eigenvalue weighted by Gasteiger charge is 2.11. The van der Waals surface area contributed by atoms with Gasteiger partial charge in [0.2, 0.25) is 11.1 Å². The summed E-state index contributed by atoms with van der Waals surface area (Å²) in [5.41, 5.74) is 0. The largest absolute Gasteiger partial charge is 0.463 e. The van der Waals surface area contributed by atoms with E-state index in [2.05, 4.69) is 37.3 Å². The molecule has 2 aromatic rings. The maximum Gasteiger partial charge on any atom is 0.322 e. The van der Waals surface area contributed by atoms with Gasteiger partial charge in [-0.25, -0.2) is 9.67 Å². The molecule has 0 aliphatic carbocycles. The standard InChI is InChI=1S/C12H19N7OS/c1-4-6-13-9-16-10(20-7-5-2)18-11(17-9)21-12-14-8-15-19(12)3/h8H,4-7H2,1-3H3,(H,13,16,17,18). The van der Waals surface area contributed by atoms with Crippen molar-refractivity contribution in [1.29, 1.82) is 0 Å². The van der Waals surface area contributed by atoms with Gasteiger partial charge in [0.1, 0.15) is 6.33 Å².